The molecule has 0 aliphatic heterocycles. The third-order valence-corrected chi connectivity index (χ3v) is 3.20. The number of rotatable bonds is 3. The third-order valence-electron chi connectivity index (χ3n) is 2.89. The third kappa shape index (κ3) is 2.29. The fraction of sp³-hybridized carbons (Fsp3) is 0.889. The Kier molecular flexibility index (Phi) is 2.59. The lowest BCUT2D eigenvalue weighted by atomic mass is 10.1. The van der Waals surface area contributed by atoms with E-state index in [-0.39, 0.29) is 17.3 Å². The largest absolute Gasteiger partial charge is 0.481 e. The first kappa shape index (κ1) is 11.1. The average molecular weight is 225 g/mol. The molecule has 0 aromatic carbocycles. The summed E-state index contributed by atoms with van der Waals surface area (Å²) in [6.45, 7) is 5.58. The number of alkyl halides is 2. The number of carbonyl (C=O) groups is 1. The van der Waals surface area contributed by atoms with Crippen LogP contribution in [0.25, 0.3) is 0 Å². The van der Waals surface area contributed by atoms with Crippen molar-refractivity contribution in [1.29, 1.82) is 0 Å². The first-order valence-corrected chi connectivity index (χ1v) is 5.02. The quantitative estimate of drug-likeness (QED) is 0.749. The summed E-state index contributed by atoms with van der Waals surface area (Å²) in [5.41, 5.74) is -0.156. The minimum absolute atomic E-state index is 0.102. The smallest absolute Gasteiger partial charge is 0.307 e. The molecule has 1 aliphatic rings. The van der Waals surface area contributed by atoms with E-state index in [2.05, 4.69) is 0 Å². The van der Waals surface area contributed by atoms with Crippen LogP contribution in [0.5, 0.6) is 0 Å². The number of carboxylic acids is 1. The van der Waals surface area contributed by atoms with Crippen molar-refractivity contribution in [3.8, 4) is 0 Å². The maximum Gasteiger partial charge on any atom is 0.307 e. The van der Waals surface area contributed by atoms with E-state index in [1.165, 1.54) is 0 Å². The number of halogens is 2. The van der Waals surface area contributed by atoms with Crippen molar-refractivity contribution in [3.63, 3.8) is 0 Å². The highest BCUT2D eigenvalue weighted by atomic mass is 35.5. The second kappa shape index (κ2) is 3.03. The van der Waals surface area contributed by atoms with Gasteiger partial charge in [0.2, 0.25) is 0 Å². The molecule has 1 N–H and O–H groups in total. The van der Waals surface area contributed by atoms with Crippen molar-refractivity contribution in [2.75, 3.05) is 0 Å². The lowest BCUT2D eigenvalue weighted by Crippen LogP contribution is -2.09. The van der Waals surface area contributed by atoms with Crippen LogP contribution in [0.15, 0.2) is 0 Å². The maximum absolute atomic E-state index is 10.8. The molecule has 0 spiro atoms. The lowest BCUT2D eigenvalue weighted by molar-refractivity contribution is -0.139. The minimum atomic E-state index is -0.813. The van der Waals surface area contributed by atoms with E-state index in [0.29, 0.717) is 6.42 Å². The Morgan fingerprint density at radius 2 is 2.00 bits per heavy atom. The fourth-order valence-electron chi connectivity index (χ4n) is 2.00. The number of aliphatic carboxylic acids is 1. The van der Waals surface area contributed by atoms with Crippen molar-refractivity contribution >= 4 is 29.2 Å². The van der Waals surface area contributed by atoms with Gasteiger partial charge in [-0.25, -0.2) is 0 Å². The van der Waals surface area contributed by atoms with Crippen LogP contribution in [0, 0.1) is 17.3 Å². The Morgan fingerprint density at radius 3 is 2.23 bits per heavy atom. The van der Waals surface area contributed by atoms with Gasteiger partial charge in [0.25, 0.3) is 0 Å². The second-order valence-corrected chi connectivity index (χ2v) is 6.38. The van der Waals surface area contributed by atoms with Crippen LogP contribution in [0.2, 0.25) is 0 Å². The Labute approximate surface area is 88.2 Å². The van der Waals surface area contributed by atoms with Crippen LogP contribution >= 0.6 is 23.2 Å². The van der Waals surface area contributed by atoms with Gasteiger partial charge in [-0.2, -0.15) is 0 Å². The maximum atomic E-state index is 10.8. The van der Waals surface area contributed by atoms with Gasteiger partial charge >= 0.3 is 5.97 Å². The van der Waals surface area contributed by atoms with Crippen LogP contribution in [-0.4, -0.2) is 15.4 Å². The van der Waals surface area contributed by atoms with Crippen LogP contribution < -0.4 is 0 Å². The molecular weight excluding hydrogens is 211 g/mol. The van der Waals surface area contributed by atoms with Gasteiger partial charge in [-0.3, -0.25) is 4.79 Å². The molecule has 1 saturated carbocycles. The molecule has 0 heterocycles. The van der Waals surface area contributed by atoms with Crippen LogP contribution in [0.1, 0.15) is 27.2 Å². The zero-order valence-corrected chi connectivity index (χ0v) is 9.49. The van der Waals surface area contributed by atoms with Gasteiger partial charge in [0.1, 0.15) is 4.33 Å². The highest BCUT2D eigenvalue weighted by Crippen LogP contribution is 2.62. The summed E-state index contributed by atoms with van der Waals surface area (Å²) in [4.78, 5) is 10.8. The fourth-order valence-corrected chi connectivity index (χ4v) is 2.33. The molecule has 1 aliphatic carbocycles. The summed E-state index contributed by atoms with van der Waals surface area (Å²) in [6, 6.07) is 0. The zero-order valence-electron chi connectivity index (χ0n) is 7.97. The average Bonchev–Trinajstić information content (AvgIpc) is 2.28. The molecule has 13 heavy (non-hydrogen) atoms. The predicted octanol–water partition coefficient (Wildman–Crippen LogP) is 2.93. The second-order valence-electron chi connectivity index (χ2n) is 4.52. The summed E-state index contributed by atoms with van der Waals surface area (Å²) < 4.78 is -0.813. The molecule has 1 fully saturated rings. The van der Waals surface area contributed by atoms with Crippen molar-refractivity contribution in [1.82, 2.24) is 0 Å². The lowest BCUT2D eigenvalue weighted by Gasteiger charge is -2.13. The molecule has 76 valence electrons. The summed E-state index contributed by atoms with van der Waals surface area (Å²) in [6.07, 6.45) is 0.542. The molecule has 0 saturated heterocycles. The van der Waals surface area contributed by atoms with E-state index in [1.54, 1.807) is 6.92 Å². The topological polar surface area (TPSA) is 37.3 Å². The molecule has 0 bridgehead atoms. The monoisotopic (exact) mass is 224 g/mol. The summed E-state index contributed by atoms with van der Waals surface area (Å²) in [7, 11) is 0. The first-order valence-electron chi connectivity index (χ1n) is 4.27. The van der Waals surface area contributed by atoms with Gasteiger partial charge in [0.05, 0.1) is 5.92 Å². The molecule has 0 aromatic heterocycles. The highest BCUT2D eigenvalue weighted by Gasteiger charge is 2.62. The van der Waals surface area contributed by atoms with Crippen LogP contribution in [0.4, 0.5) is 0 Å². The van der Waals surface area contributed by atoms with Gasteiger partial charge in [-0.15, -0.1) is 23.2 Å². The molecule has 0 radical (unpaired) electrons. The molecule has 0 aromatic rings. The zero-order chi connectivity index (χ0) is 10.4. The minimum Gasteiger partial charge on any atom is -0.481 e. The normalized spacial score (nSPS) is 31.5. The van der Waals surface area contributed by atoms with Gasteiger partial charge in [-0.1, -0.05) is 13.8 Å². The molecule has 0 amide bonds. The van der Waals surface area contributed by atoms with E-state index in [9.17, 15) is 4.79 Å². The van der Waals surface area contributed by atoms with Crippen LogP contribution in [0.3, 0.4) is 0 Å². The summed E-state index contributed by atoms with van der Waals surface area (Å²) in [5.74, 6) is -0.929. The molecule has 4 heteroatoms. The molecule has 2 nitrogen and oxygen atoms in total. The van der Waals surface area contributed by atoms with Crippen molar-refractivity contribution < 1.29 is 9.90 Å². The Bertz CT molecular complexity index is 230. The van der Waals surface area contributed by atoms with E-state index in [4.69, 9.17) is 28.3 Å². The molecule has 1 rings (SSSR count). The van der Waals surface area contributed by atoms with Crippen molar-refractivity contribution in [3.05, 3.63) is 0 Å². The number of hydrogen-bond acceptors (Lipinski definition) is 1. The highest BCUT2D eigenvalue weighted by molar-refractivity contribution is 6.48. The first-order chi connectivity index (χ1) is 5.66. The molecule has 2 atom stereocenters. The summed E-state index contributed by atoms with van der Waals surface area (Å²) in [5, 5.41) is 8.87. The van der Waals surface area contributed by atoms with E-state index < -0.39 is 10.3 Å². The Hall–Kier alpha value is 0.0500. The molecular formula is C9H14Cl2O2. The van der Waals surface area contributed by atoms with Crippen molar-refractivity contribution in [2.24, 2.45) is 17.3 Å². The molecule has 2 unspecified atom stereocenters. The van der Waals surface area contributed by atoms with Gasteiger partial charge < -0.3 is 5.11 Å². The van der Waals surface area contributed by atoms with E-state index >= 15 is 0 Å². The van der Waals surface area contributed by atoms with Gasteiger partial charge in [-0.05, 0) is 24.7 Å². The predicted molar refractivity (Wildman–Crippen MR) is 53.1 cm³/mol. The summed E-state index contributed by atoms with van der Waals surface area (Å²) >= 11 is 11.7. The van der Waals surface area contributed by atoms with Crippen LogP contribution in [-0.2, 0) is 4.79 Å². The van der Waals surface area contributed by atoms with Crippen molar-refractivity contribution in [2.45, 2.75) is 31.5 Å². The number of hydrogen-bond donors (Lipinski definition) is 1. The Balaban J connectivity index is 2.61. The Morgan fingerprint density at radius 1 is 1.54 bits per heavy atom. The number of carboxylic acid groups (broad SMARTS) is 1. The SMILES string of the molecule is CC(Cl)(Cl)CC1C(C(=O)O)C1(C)C. The van der Waals surface area contributed by atoms with Gasteiger partial charge in [0, 0.05) is 0 Å². The standard InChI is InChI=1S/C9H14Cl2O2/c1-8(2)5(4-9(3,10)11)6(8)7(12)13/h5-6H,4H2,1-3H3,(H,12,13). The van der Waals surface area contributed by atoms with E-state index in [0.717, 1.165) is 0 Å². The van der Waals surface area contributed by atoms with E-state index in [1.807, 2.05) is 13.8 Å². The van der Waals surface area contributed by atoms with Gasteiger partial charge in [0.15, 0.2) is 0 Å².